The standard InChI is InChI=1S/C28H42N2O4Si/c1-7-21-33-27(31)35(28(32)34-22-8-2,25-17-13-23(14-18-25)29(9-3)10-4)26-19-15-24(16-20-26)30(11-5)12-6/h13-20H,7-12,21-22H2,1-6H3. The first kappa shape index (κ1) is 28.4. The second kappa shape index (κ2) is 13.9. The van der Waals surface area contributed by atoms with Gasteiger partial charge in [0.1, 0.15) is 0 Å². The summed E-state index contributed by atoms with van der Waals surface area (Å²) >= 11 is 0. The average Bonchev–Trinajstić information content (AvgIpc) is 2.89. The van der Waals surface area contributed by atoms with E-state index in [-0.39, 0.29) is 13.2 Å². The monoisotopic (exact) mass is 498 g/mol. The molecule has 0 N–H and O–H groups in total. The van der Waals surface area contributed by atoms with Crippen molar-refractivity contribution in [1.82, 2.24) is 0 Å². The third-order valence-electron chi connectivity index (χ3n) is 6.34. The average molecular weight is 499 g/mol. The molecule has 0 heterocycles. The number of carbonyl (C=O) groups is 2. The van der Waals surface area contributed by atoms with E-state index < -0.39 is 19.3 Å². The fourth-order valence-electron chi connectivity index (χ4n) is 4.35. The van der Waals surface area contributed by atoms with Gasteiger partial charge in [-0.05, 0) is 75.2 Å². The van der Waals surface area contributed by atoms with E-state index in [0.29, 0.717) is 23.2 Å². The summed E-state index contributed by atoms with van der Waals surface area (Å²) in [5, 5.41) is 1.37. The molecule has 0 atom stereocenters. The van der Waals surface area contributed by atoms with Gasteiger partial charge < -0.3 is 19.3 Å². The number of carbonyl (C=O) groups excluding carboxylic acids is 2. The quantitative estimate of drug-likeness (QED) is 0.334. The highest BCUT2D eigenvalue weighted by molar-refractivity contribution is 7.37. The van der Waals surface area contributed by atoms with Crippen LogP contribution >= 0.6 is 0 Å². The molecule has 7 heteroatoms. The molecule has 0 unspecified atom stereocenters. The molecule has 192 valence electrons. The summed E-state index contributed by atoms with van der Waals surface area (Å²) in [4.78, 5) is 32.1. The van der Waals surface area contributed by atoms with Crippen molar-refractivity contribution in [2.75, 3.05) is 49.2 Å². The number of rotatable bonds is 14. The first-order chi connectivity index (χ1) is 16.9. The summed E-state index contributed by atoms with van der Waals surface area (Å²) in [6.07, 6.45) is 1.37. The van der Waals surface area contributed by atoms with E-state index in [9.17, 15) is 9.59 Å². The lowest BCUT2D eigenvalue weighted by atomic mass is 10.3. The highest BCUT2D eigenvalue weighted by Gasteiger charge is 2.56. The minimum Gasteiger partial charge on any atom is -0.469 e. The molecule has 0 aliphatic rings. The second-order valence-corrected chi connectivity index (χ2v) is 11.9. The van der Waals surface area contributed by atoms with Crippen molar-refractivity contribution in [2.45, 2.75) is 54.4 Å². The van der Waals surface area contributed by atoms with Crippen molar-refractivity contribution in [2.24, 2.45) is 0 Å². The smallest absolute Gasteiger partial charge is 0.370 e. The van der Waals surface area contributed by atoms with Crippen LogP contribution in [0.1, 0.15) is 54.4 Å². The van der Waals surface area contributed by atoms with E-state index in [1.54, 1.807) is 0 Å². The van der Waals surface area contributed by atoms with Gasteiger partial charge in [-0.1, -0.05) is 38.1 Å². The molecule has 0 aromatic heterocycles. The van der Waals surface area contributed by atoms with Gasteiger partial charge in [0, 0.05) is 37.6 Å². The molecule has 2 aromatic carbocycles. The fraction of sp³-hybridized carbons (Fsp3) is 0.500. The van der Waals surface area contributed by atoms with Crippen molar-refractivity contribution < 1.29 is 19.1 Å². The number of benzene rings is 2. The lowest BCUT2D eigenvalue weighted by Crippen LogP contribution is -2.70. The van der Waals surface area contributed by atoms with E-state index >= 15 is 0 Å². The van der Waals surface area contributed by atoms with Crippen LogP contribution in [0.4, 0.5) is 21.0 Å². The summed E-state index contributed by atoms with van der Waals surface area (Å²) in [6, 6.07) is 15.6. The maximum absolute atomic E-state index is 13.8. The third kappa shape index (κ3) is 6.26. The molecule has 0 spiro atoms. The molecule has 0 fully saturated rings. The van der Waals surface area contributed by atoms with E-state index in [0.717, 1.165) is 37.6 Å². The number of nitrogens with zero attached hydrogens (tertiary/aromatic N) is 2. The zero-order valence-corrected chi connectivity index (χ0v) is 23.3. The molecule has 0 saturated heterocycles. The van der Waals surface area contributed by atoms with Crippen molar-refractivity contribution >= 4 is 41.0 Å². The summed E-state index contributed by atoms with van der Waals surface area (Å²) in [5.41, 5.74) is 1.18. The van der Waals surface area contributed by atoms with Gasteiger partial charge in [0.2, 0.25) is 0 Å². The molecule has 6 nitrogen and oxygen atoms in total. The topological polar surface area (TPSA) is 59.1 Å². The van der Waals surface area contributed by atoms with E-state index in [2.05, 4.69) is 37.5 Å². The zero-order chi connectivity index (χ0) is 25.8. The van der Waals surface area contributed by atoms with E-state index in [4.69, 9.17) is 9.47 Å². The van der Waals surface area contributed by atoms with Gasteiger partial charge >= 0.3 is 8.07 Å². The Hall–Kier alpha value is -2.80. The number of hydrogen-bond acceptors (Lipinski definition) is 6. The number of ether oxygens (including phenoxy) is 2. The van der Waals surface area contributed by atoms with Crippen molar-refractivity contribution in [3.05, 3.63) is 48.5 Å². The van der Waals surface area contributed by atoms with Crippen LogP contribution in [0, 0.1) is 0 Å². The minimum absolute atomic E-state index is 0.268. The van der Waals surface area contributed by atoms with Gasteiger partial charge in [-0.25, -0.2) is 0 Å². The van der Waals surface area contributed by atoms with Crippen molar-refractivity contribution in [3.8, 4) is 0 Å². The van der Waals surface area contributed by atoms with Crippen LogP contribution in [0.3, 0.4) is 0 Å². The third-order valence-corrected chi connectivity index (χ3v) is 10.3. The summed E-state index contributed by atoms with van der Waals surface area (Å²) in [7, 11) is -3.74. The van der Waals surface area contributed by atoms with Gasteiger partial charge in [0.15, 0.2) is 0 Å². The first-order valence-electron chi connectivity index (χ1n) is 13.0. The second-order valence-electron chi connectivity index (χ2n) is 8.46. The lowest BCUT2D eigenvalue weighted by Gasteiger charge is -2.29. The van der Waals surface area contributed by atoms with Crippen LogP contribution in [0.2, 0.25) is 0 Å². The van der Waals surface area contributed by atoms with Crippen molar-refractivity contribution in [1.29, 1.82) is 0 Å². The SMILES string of the molecule is CCCOC(=O)[Si](C(=O)OCCC)(c1ccc(N(CC)CC)cc1)c1ccc(N(CC)CC)cc1. The zero-order valence-electron chi connectivity index (χ0n) is 22.3. The summed E-state index contributed by atoms with van der Waals surface area (Å²) < 4.78 is 11.4. The summed E-state index contributed by atoms with van der Waals surface area (Å²) in [5.74, 6) is 0. The van der Waals surface area contributed by atoms with Gasteiger partial charge in [0.05, 0.1) is 13.2 Å². The Morgan fingerprint density at radius 1 is 0.600 bits per heavy atom. The Kier molecular flexibility index (Phi) is 11.3. The van der Waals surface area contributed by atoms with Gasteiger partial charge in [-0.15, -0.1) is 0 Å². The molecular weight excluding hydrogens is 456 g/mol. The van der Waals surface area contributed by atoms with Crippen LogP contribution in [-0.4, -0.2) is 58.7 Å². The van der Waals surface area contributed by atoms with Crippen LogP contribution in [0.5, 0.6) is 0 Å². The minimum atomic E-state index is -3.74. The van der Waals surface area contributed by atoms with Crippen LogP contribution in [0.25, 0.3) is 0 Å². The molecule has 0 bridgehead atoms. The van der Waals surface area contributed by atoms with Gasteiger partial charge in [-0.2, -0.15) is 0 Å². The molecule has 2 rings (SSSR count). The molecule has 0 saturated carbocycles. The first-order valence-corrected chi connectivity index (χ1v) is 15.0. The highest BCUT2D eigenvalue weighted by atomic mass is 28.3. The Bertz CT molecular complexity index is 845. The number of anilines is 2. The Labute approximate surface area is 212 Å². The van der Waals surface area contributed by atoms with Crippen LogP contribution < -0.4 is 20.2 Å². The molecule has 0 aliphatic carbocycles. The van der Waals surface area contributed by atoms with Gasteiger partial charge in [-0.3, -0.25) is 9.59 Å². The Morgan fingerprint density at radius 2 is 0.914 bits per heavy atom. The largest absolute Gasteiger partial charge is 0.469 e. The molecular formula is C28H42N2O4Si. The van der Waals surface area contributed by atoms with E-state index in [1.165, 1.54) is 0 Å². The predicted molar refractivity (Wildman–Crippen MR) is 148 cm³/mol. The van der Waals surface area contributed by atoms with Crippen LogP contribution in [-0.2, 0) is 9.47 Å². The van der Waals surface area contributed by atoms with E-state index in [1.807, 2.05) is 62.4 Å². The fourth-order valence-corrected chi connectivity index (χ4v) is 7.76. The van der Waals surface area contributed by atoms with Gasteiger partial charge in [0.25, 0.3) is 11.2 Å². The molecule has 0 radical (unpaired) electrons. The van der Waals surface area contributed by atoms with Crippen LogP contribution in [0.15, 0.2) is 48.5 Å². The predicted octanol–water partition coefficient (Wildman–Crippen LogP) is 5.20. The molecule has 0 amide bonds. The maximum Gasteiger partial charge on any atom is 0.370 e. The Morgan fingerprint density at radius 3 is 1.17 bits per heavy atom. The van der Waals surface area contributed by atoms with Crippen molar-refractivity contribution in [3.63, 3.8) is 0 Å². The normalized spacial score (nSPS) is 11.1. The maximum atomic E-state index is 13.8. The highest BCUT2D eigenvalue weighted by Crippen LogP contribution is 2.20. The molecule has 35 heavy (non-hydrogen) atoms. The Balaban J connectivity index is 2.72. The number of hydrogen-bond donors (Lipinski definition) is 0. The summed E-state index contributed by atoms with van der Waals surface area (Å²) in [6.45, 7) is 16.4. The lowest BCUT2D eigenvalue weighted by molar-refractivity contribution is 0.162. The molecule has 2 aromatic rings. The molecule has 0 aliphatic heterocycles.